The fraction of sp³-hybridized carbons (Fsp3) is 0.417. The third kappa shape index (κ3) is 4.77. The summed E-state index contributed by atoms with van der Waals surface area (Å²) in [5.74, 6) is 0. The predicted molar refractivity (Wildman–Crippen MR) is 59.7 cm³/mol. The maximum atomic E-state index is 12.0. The van der Waals surface area contributed by atoms with Crippen LogP contribution in [0, 0.1) is 11.3 Å². The summed E-state index contributed by atoms with van der Waals surface area (Å²) >= 11 is 0. The van der Waals surface area contributed by atoms with Crippen molar-refractivity contribution in [2.75, 3.05) is 18.5 Å². The van der Waals surface area contributed by atoms with E-state index in [-0.39, 0.29) is 6.42 Å². The molecular weight excluding hydrogens is 229 g/mol. The van der Waals surface area contributed by atoms with Gasteiger partial charge in [-0.1, -0.05) is 6.07 Å². The highest BCUT2D eigenvalue weighted by atomic mass is 19.4. The molecule has 0 amide bonds. The molecule has 0 unspecified atom stereocenters. The SMILES string of the molecule is CN(CCCC(F)(F)F)c1cccc(C#N)c1. The highest BCUT2D eigenvalue weighted by Crippen LogP contribution is 2.22. The number of hydrogen-bond acceptors (Lipinski definition) is 2. The van der Waals surface area contributed by atoms with Crippen LogP contribution in [-0.2, 0) is 0 Å². The van der Waals surface area contributed by atoms with E-state index in [2.05, 4.69) is 0 Å². The second kappa shape index (κ2) is 5.58. The van der Waals surface area contributed by atoms with Gasteiger partial charge in [-0.2, -0.15) is 18.4 Å². The first kappa shape index (κ1) is 13.4. The van der Waals surface area contributed by atoms with E-state index >= 15 is 0 Å². The Morgan fingerprint density at radius 3 is 2.65 bits per heavy atom. The Morgan fingerprint density at radius 2 is 2.06 bits per heavy atom. The number of nitrogens with zero attached hydrogens (tertiary/aromatic N) is 2. The predicted octanol–water partition coefficient (Wildman–Crippen LogP) is 3.34. The van der Waals surface area contributed by atoms with Crippen molar-refractivity contribution in [3.63, 3.8) is 0 Å². The van der Waals surface area contributed by atoms with E-state index in [1.54, 1.807) is 36.2 Å². The Balaban J connectivity index is 2.52. The van der Waals surface area contributed by atoms with Crippen molar-refractivity contribution in [3.8, 4) is 6.07 Å². The van der Waals surface area contributed by atoms with Gasteiger partial charge in [-0.05, 0) is 24.6 Å². The molecule has 0 spiro atoms. The fourth-order valence-electron chi connectivity index (χ4n) is 1.46. The number of hydrogen-bond donors (Lipinski definition) is 0. The first-order valence-corrected chi connectivity index (χ1v) is 5.20. The standard InChI is InChI=1S/C12H13F3N2/c1-17(7-3-6-12(13,14)15)11-5-2-4-10(8-11)9-16/h2,4-5,8H,3,6-7H2,1H3. The first-order chi connectivity index (χ1) is 7.92. The van der Waals surface area contributed by atoms with E-state index in [0.29, 0.717) is 12.1 Å². The quantitative estimate of drug-likeness (QED) is 0.809. The van der Waals surface area contributed by atoms with Crippen LogP contribution in [0.15, 0.2) is 24.3 Å². The van der Waals surface area contributed by atoms with Crippen molar-refractivity contribution < 1.29 is 13.2 Å². The van der Waals surface area contributed by atoms with E-state index in [4.69, 9.17) is 5.26 Å². The molecular formula is C12H13F3N2. The summed E-state index contributed by atoms with van der Waals surface area (Å²) in [4.78, 5) is 1.71. The molecule has 0 heterocycles. The van der Waals surface area contributed by atoms with Gasteiger partial charge < -0.3 is 4.90 Å². The van der Waals surface area contributed by atoms with Crippen LogP contribution in [0.1, 0.15) is 18.4 Å². The molecule has 0 fully saturated rings. The van der Waals surface area contributed by atoms with Gasteiger partial charge in [-0.15, -0.1) is 0 Å². The highest BCUT2D eigenvalue weighted by Gasteiger charge is 2.26. The maximum absolute atomic E-state index is 12.0. The average Bonchev–Trinajstić information content (AvgIpc) is 2.27. The van der Waals surface area contributed by atoms with Crippen LogP contribution in [0.25, 0.3) is 0 Å². The summed E-state index contributed by atoms with van der Waals surface area (Å²) in [6.45, 7) is 0.314. The summed E-state index contributed by atoms with van der Waals surface area (Å²) in [6.07, 6.45) is -4.83. The van der Waals surface area contributed by atoms with E-state index in [0.717, 1.165) is 5.69 Å². The zero-order chi connectivity index (χ0) is 12.9. The van der Waals surface area contributed by atoms with Gasteiger partial charge >= 0.3 is 6.18 Å². The maximum Gasteiger partial charge on any atom is 0.389 e. The van der Waals surface area contributed by atoms with Crippen molar-refractivity contribution in [1.29, 1.82) is 5.26 Å². The van der Waals surface area contributed by atoms with Gasteiger partial charge in [0.1, 0.15) is 0 Å². The highest BCUT2D eigenvalue weighted by molar-refractivity contribution is 5.50. The van der Waals surface area contributed by atoms with E-state index < -0.39 is 12.6 Å². The van der Waals surface area contributed by atoms with E-state index in [9.17, 15) is 13.2 Å². The molecule has 0 bridgehead atoms. The molecule has 1 aromatic carbocycles. The van der Waals surface area contributed by atoms with Gasteiger partial charge in [0.2, 0.25) is 0 Å². The Morgan fingerprint density at radius 1 is 1.35 bits per heavy atom. The third-order valence-electron chi connectivity index (χ3n) is 2.37. The normalized spacial score (nSPS) is 11.0. The van der Waals surface area contributed by atoms with Crippen LogP contribution >= 0.6 is 0 Å². The molecule has 0 saturated carbocycles. The number of alkyl halides is 3. The Bertz CT molecular complexity index is 407. The minimum Gasteiger partial charge on any atom is -0.375 e. The second-order valence-corrected chi connectivity index (χ2v) is 3.80. The fourth-order valence-corrected chi connectivity index (χ4v) is 1.46. The van der Waals surface area contributed by atoms with Crippen molar-refractivity contribution in [2.45, 2.75) is 19.0 Å². The molecule has 0 aliphatic heterocycles. The van der Waals surface area contributed by atoms with Gasteiger partial charge in [-0.25, -0.2) is 0 Å². The lowest BCUT2D eigenvalue weighted by Gasteiger charge is -2.19. The van der Waals surface area contributed by atoms with Crippen molar-refractivity contribution in [3.05, 3.63) is 29.8 Å². The number of halogens is 3. The molecule has 0 radical (unpaired) electrons. The topological polar surface area (TPSA) is 27.0 Å². The number of anilines is 1. The van der Waals surface area contributed by atoms with Gasteiger partial charge in [0, 0.05) is 25.7 Å². The summed E-state index contributed by atoms with van der Waals surface area (Å²) in [5.41, 5.74) is 1.26. The summed E-state index contributed by atoms with van der Waals surface area (Å²) in [6, 6.07) is 8.80. The first-order valence-electron chi connectivity index (χ1n) is 5.20. The van der Waals surface area contributed by atoms with E-state index in [1.165, 1.54) is 0 Å². The largest absolute Gasteiger partial charge is 0.389 e. The number of nitriles is 1. The van der Waals surface area contributed by atoms with Gasteiger partial charge in [0.15, 0.2) is 0 Å². The Labute approximate surface area is 98.3 Å². The van der Waals surface area contributed by atoms with Gasteiger partial charge in [-0.3, -0.25) is 0 Å². The van der Waals surface area contributed by atoms with Gasteiger partial charge in [0.05, 0.1) is 11.6 Å². The lowest BCUT2D eigenvalue weighted by atomic mass is 10.2. The molecule has 0 N–H and O–H groups in total. The average molecular weight is 242 g/mol. The molecule has 0 aliphatic carbocycles. The van der Waals surface area contributed by atoms with Crippen LogP contribution in [0.2, 0.25) is 0 Å². The Hall–Kier alpha value is -1.70. The molecule has 92 valence electrons. The summed E-state index contributed by atoms with van der Waals surface area (Å²) < 4.78 is 35.9. The molecule has 0 aromatic heterocycles. The smallest absolute Gasteiger partial charge is 0.375 e. The lowest BCUT2D eigenvalue weighted by Crippen LogP contribution is -2.20. The molecule has 5 heteroatoms. The molecule has 0 atom stereocenters. The third-order valence-corrected chi connectivity index (χ3v) is 2.37. The minimum absolute atomic E-state index is 0.0524. The Kier molecular flexibility index (Phi) is 4.38. The number of rotatable bonds is 4. The van der Waals surface area contributed by atoms with Crippen molar-refractivity contribution in [1.82, 2.24) is 0 Å². The van der Waals surface area contributed by atoms with Crippen LogP contribution in [0.4, 0.5) is 18.9 Å². The molecule has 17 heavy (non-hydrogen) atoms. The van der Waals surface area contributed by atoms with E-state index in [1.807, 2.05) is 6.07 Å². The van der Waals surface area contributed by atoms with Gasteiger partial charge in [0.25, 0.3) is 0 Å². The van der Waals surface area contributed by atoms with Crippen LogP contribution < -0.4 is 4.90 Å². The molecule has 2 nitrogen and oxygen atoms in total. The molecule has 0 aliphatic rings. The molecule has 0 saturated heterocycles. The zero-order valence-corrected chi connectivity index (χ0v) is 9.46. The second-order valence-electron chi connectivity index (χ2n) is 3.80. The van der Waals surface area contributed by atoms with Crippen molar-refractivity contribution in [2.24, 2.45) is 0 Å². The van der Waals surface area contributed by atoms with Crippen LogP contribution in [0.3, 0.4) is 0 Å². The summed E-state index contributed by atoms with van der Waals surface area (Å²) in [5, 5.41) is 8.71. The lowest BCUT2D eigenvalue weighted by molar-refractivity contribution is -0.135. The monoisotopic (exact) mass is 242 g/mol. The van der Waals surface area contributed by atoms with Crippen molar-refractivity contribution >= 4 is 5.69 Å². The number of benzene rings is 1. The molecule has 1 rings (SSSR count). The van der Waals surface area contributed by atoms with Crippen LogP contribution in [0.5, 0.6) is 0 Å². The molecule has 1 aromatic rings. The zero-order valence-electron chi connectivity index (χ0n) is 9.46. The summed E-state index contributed by atoms with van der Waals surface area (Å²) in [7, 11) is 1.72. The van der Waals surface area contributed by atoms with Crippen LogP contribution in [-0.4, -0.2) is 19.8 Å². The minimum atomic E-state index is -4.10.